The first-order valence-electron chi connectivity index (χ1n) is 8.96. The zero-order chi connectivity index (χ0) is 19.1. The van der Waals surface area contributed by atoms with E-state index in [9.17, 15) is 4.79 Å². The Morgan fingerprint density at radius 1 is 1.26 bits per heavy atom. The van der Waals surface area contributed by atoms with Crippen molar-refractivity contribution in [1.82, 2.24) is 19.7 Å². The molecule has 7 heteroatoms. The zero-order valence-electron chi connectivity index (χ0n) is 15.6. The summed E-state index contributed by atoms with van der Waals surface area (Å²) >= 11 is 5.98. The van der Waals surface area contributed by atoms with E-state index < -0.39 is 0 Å². The Hall–Kier alpha value is -2.44. The van der Waals surface area contributed by atoms with Gasteiger partial charge in [-0.2, -0.15) is 5.10 Å². The summed E-state index contributed by atoms with van der Waals surface area (Å²) < 4.78 is 7.51. The van der Waals surface area contributed by atoms with Crippen molar-refractivity contribution in [1.29, 1.82) is 0 Å². The van der Waals surface area contributed by atoms with Gasteiger partial charge in [-0.3, -0.25) is 9.69 Å². The number of aryl methyl sites for hydroxylation is 2. The van der Waals surface area contributed by atoms with Gasteiger partial charge in [-0.05, 0) is 43.7 Å². The number of aromatic nitrogens is 3. The van der Waals surface area contributed by atoms with Crippen LogP contribution in [0.1, 0.15) is 35.8 Å². The van der Waals surface area contributed by atoms with Crippen molar-refractivity contribution in [2.45, 2.75) is 32.9 Å². The number of halogens is 1. The van der Waals surface area contributed by atoms with Gasteiger partial charge in [0.2, 0.25) is 5.89 Å². The second-order valence-corrected chi connectivity index (χ2v) is 7.38. The molecule has 0 saturated carbocycles. The number of hydrogen-bond donors (Lipinski definition) is 0. The van der Waals surface area contributed by atoms with Crippen LogP contribution in [0, 0.1) is 6.92 Å². The summed E-state index contributed by atoms with van der Waals surface area (Å²) in [4.78, 5) is 18.8. The quantitative estimate of drug-likeness (QED) is 0.691. The lowest BCUT2D eigenvalue weighted by Crippen LogP contribution is -2.36. The molecular weight excluding hydrogens is 364 g/mol. The maximum absolute atomic E-state index is 11.9. The first kappa shape index (κ1) is 17.9. The predicted molar refractivity (Wildman–Crippen MR) is 104 cm³/mol. The Kier molecular flexibility index (Phi) is 4.61. The molecule has 0 fully saturated rings. The summed E-state index contributed by atoms with van der Waals surface area (Å²) in [5.41, 5.74) is 3.70. The summed E-state index contributed by atoms with van der Waals surface area (Å²) in [5, 5.41) is 5.06. The maximum Gasteiger partial charge on any atom is 0.266 e. The molecular formula is C20H21ClN4O2. The molecule has 27 heavy (non-hydrogen) atoms. The highest BCUT2D eigenvalue weighted by Crippen LogP contribution is 2.31. The van der Waals surface area contributed by atoms with Gasteiger partial charge in [-0.15, -0.1) is 0 Å². The molecule has 0 unspecified atom stereocenters. The van der Waals surface area contributed by atoms with E-state index in [1.807, 2.05) is 31.2 Å². The molecule has 2 aromatic heterocycles. The van der Waals surface area contributed by atoms with Crippen LogP contribution in [0.4, 0.5) is 0 Å². The van der Waals surface area contributed by atoms with Crippen LogP contribution < -0.4 is 5.56 Å². The van der Waals surface area contributed by atoms with Gasteiger partial charge in [0.25, 0.3) is 5.56 Å². The van der Waals surface area contributed by atoms with Crippen LogP contribution in [-0.4, -0.2) is 26.2 Å². The number of benzene rings is 1. The lowest BCUT2D eigenvalue weighted by Gasteiger charge is -2.31. The van der Waals surface area contributed by atoms with Gasteiger partial charge in [0.1, 0.15) is 0 Å². The summed E-state index contributed by atoms with van der Waals surface area (Å²) in [5.74, 6) is 1.44. The molecule has 4 rings (SSSR count). The monoisotopic (exact) mass is 384 g/mol. The minimum atomic E-state index is -0.0831. The van der Waals surface area contributed by atoms with Gasteiger partial charge in [-0.1, -0.05) is 11.6 Å². The summed E-state index contributed by atoms with van der Waals surface area (Å²) in [6.45, 7) is 5.54. The van der Waals surface area contributed by atoms with Crippen LogP contribution in [0.3, 0.4) is 0 Å². The smallest absolute Gasteiger partial charge is 0.266 e. The average molecular weight is 385 g/mol. The fourth-order valence-corrected chi connectivity index (χ4v) is 3.59. The zero-order valence-corrected chi connectivity index (χ0v) is 16.3. The van der Waals surface area contributed by atoms with E-state index in [-0.39, 0.29) is 11.6 Å². The number of oxazole rings is 1. The Morgan fingerprint density at radius 2 is 2.00 bits per heavy atom. The van der Waals surface area contributed by atoms with Crippen LogP contribution >= 0.6 is 11.6 Å². The number of hydrogen-bond acceptors (Lipinski definition) is 5. The third kappa shape index (κ3) is 3.42. The summed E-state index contributed by atoms with van der Waals surface area (Å²) in [7, 11) is 1.69. The highest BCUT2D eigenvalue weighted by molar-refractivity contribution is 6.30. The number of fused-ring (bicyclic) bond motifs is 1. The van der Waals surface area contributed by atoms with Crippen LogP contribution in [0.2, 0.25) is 5.02 Å². The molecule has 0 saturated heterocycles. The Morgan fingerprint density at radius 3 is 2.74 bits per heavy atom. The topological polar surface area (TPSA) is 64.2 Å². The fourth-order valence-electron chi connectivity index (χ4n) is 3.47. The first-order chi connectivity index (χ1) is 12.9. The molecule has 0 amide bonds. The minimum Gasteiger partial charge on any atom is -0.439 e. The largest absolute Gasteiger partial charge is 0.439 e. The molecule has 6 nitrogen and oxygen atoms in total. The van der Waals surface area contributed by atoms with Crippen molar-refractivity contribution in [2.24, 2.45) is 7.05 Å². The molecule has 1 aliphatic rings. The van der Waals surface area contributed by atoms with Crippen molar-refractivity contribution >= 4 is 11.6 Å². The number of nitrogens with zero attached hydrogens (tertiary/aromatic N) is 4. The summed E-state index contributed by atoms with van der Waals surface area (Å²) in [6, 6.07) is 9.24. The van der Waals surface area contributed by atoms with Crippen molar-refractivity contribution in [2.75, 3.05) is 6.54 Å². The van der Waals surface area contributed by atoms with Gasteiger partial charge in [0, 0.05) is 43.2 Å². The van der Waals surface area contributed by atoms with E-state index >= 15 is 0 Å². The second kappa shape index (κ2) is 6.94. The molecule has 1 aromatic carbocycles. The fraction of sp³-hybridized carbons (Fsp3) is 0.350. The van der Waals surface area contributed by atoms with E-state index in [1.54, 1.807) is 13.1 Å². The minimum absolute atomic E-state index is 0.00181. The van der Waals surface area contributed by atoms with Gasteiger partial charge >= 0.3 is 0 Å². The Balaban J connectivity index is 1.59. The lowest BCUT2D eigenvalue weighted by molar-refractivity contribution is 0.165. The molecule has 3 aromatic rings. The van der Waals surface area contributed by atoms with Crippen molar-refractivity contribution in [3.8, 4) is 11.3 Å². The Bertz CT molecular complexity index is 1040. The second-order valence-electron chi connectivity index (χ2n) is 6.95. The molecule has 3 heterocycles. The third-order valence-corrected chi connectivity index (χ3v) is 5.34. The van der Waals surface area contributed by atoms with E-state index in [0.29, 0.717) is 17.5 Å². The summed E-state index contributed by atoms with van der Waals surface area (Å²) in [6.07, 6.45) is 0.803. The molecule has 0 spiro atoms. The highest BCUT2D eigenvalue weighted by Gasteiger charge is 2.27. The van der Waals surface area contributed by atoms with Crippen LogP contribution in [0.15, 0.2) is 39.5 Å². The van der Waals surface area contributed by atoms with Crippen LogP contribution in [0.5, 0.6) is 0 Å². The molecule has 140 valence electrons. The maximum atomic E-state index is 11.9. The number of rotatable bonds is 3. The average Bonchev–Trinajstić information content (AvgIpc) is 3.04. The van der Waals surface area contributed by atoms with Crippen LogP contribution in [-0.2, 0) is 20.0 Å². The Labute approximate surface area is 162 Å². The standard InChI is InChI=1S/C20H21ClN4O2/c1-12-19(14-4-6-16(21)7-5-14)27-20(22-12)13(2)25-9-8-17-15(11-25)10-18(26)24(3)23-17/h4-7,10,13H,8-9,11H2,1-3H3/t13-/m0/s1. The molecule has 1 aliphatic heterocycles. The highest BCUT2D eigenvalue weighted by atomic mass is 35.5. The van der Waals surface area contributed by atoms with Gasteiger partial charge in [0.05, 0.1) is 17.4 Å². The molecule has 1 atom stereocenters. The van der Waals surface area contributed by atoms with Crippen LogP contribution in [0.25, 0.3) is 11.3 Å². The molecule has 0 bridgehead atoms. The van der Waals surface area contributed by atoms with Gasteiger partial charge < -0.3 is 4.42 Å². The van der Waals surface area contributed by atoms with Gasteiger partial charge in [-0.25, -0.2) is 9.67 Å². The third-order valence-electron chi connectivity index (χ3n) is 5.09. The van der Waals surface area contributed by atoms with Crippen molar-refractivity contribution < 1.29 is 4.42 Å². The molecule has 0 radical (unpaired) electrons. The first-order valence-corrected chi connectivity index (χ1v) is 9.33. The van der Waals surface area contributed by atoms with Gasteiger partial charge in [0.15, 0.2) is 5.76 Å². The van der Waals surface area contributed by atoms with E-state index in [4.69, 9.17) is 16.0 Å². The molecule has 0 aliphatic carbocycles. The van der Waals surface area contributed by atoms with E-state index in [2.05, 4.69) is 21.9 Å². The van der Waals surface area contributed by atoms with Crippen molar-refractivity contribution in [3.63, 3.8) is 0 Å². The van der Waals surface area contributed by atoms with Crippen molar-refractivity contribution in [3.05, 3.63) is 68.6 Å². The van der Waals surface area contributed by atoms with E-state index in [1.165, 1.54) is 4.68 Å². The molecule has 0 N–H and O–H groups in total. The predicted octanol–water partition coefficient (Wildman–Crippen LogP) is 3.52. The van der Waals surface area contributed by atoms with E-state index in [0.717, 1.165) is 41.2 Å². The lowest BCUT2D eigenvalue weighted by atomic mass is 10.0. The normalized spacial score (nSPS) is 15.6. The SMILES string of the molecule is Cc1nc([C@H](C)N2CCc3nn(C)c(=O)cc3C2)oc1-c1ccc(Cl)cc1.